The van der Waals surface area contributed by atoms with E-state index in [-0.39, 0.29) is 11.8 Å². The zero-order chi connectivity index (χ0) is 13.2. The molecule has 0 saturated carbocycles. The predicted octanol–water partition coefficient (Wildman–Crippen LogP) is 5.34. The minimum atomic E-state index is -4.26. The van der Waals surface area contributed by atoms with Gasteiger partial charge in [-0.1, -0.05) is 39.8 Å². The van der Waals surface area contributed by atoms with Gasteiger partial charge in [0.1, 0.15) is 0 Å². The number of hydrogen-bond acceptors (Lipinski definition) is 0. The van der Waals surface area contributed by atoms with Crippen molar-refractivity contribution in [2.75, 3.05) is 0 Å². The van der Waals surface area contributed by atoms with Crippen molar-refractivity contribution in [3.05, 3.63) is 34.9 Å². The average molecular weight is 244 g/mol. The molecule has 1 unspecified atom stereocenters. The highest BCUT2D eigenvalue weighted by Crippen LogP contribution is 2.37. The van der Waals surface area contributed by atoms with E-state index in [0.717, 1.165) is 12.0 Å². The quantitative estimate of drug-likeness (QED) is 0.673. The third kappa shape index (κ3) is 3.24. The first-order valence-corrected chi connectivity index (χ1v) is 5.98. The Morgan fingerprint density at radius 3 is 2.12 bits per heavy atom. The van der Waals surface area contributed by atoms with Crippen LogP contribution in [0.2, 0.25) is 0 Å². The molecule has 1 aromatic carbocycles. The van der Waals surface area contributed by atoms with Crippen molar-refractivity contribution in [3.8, 4) is 0 Å². The lowest BCUT2D eigenvalue weighted by Gasteiger charge is -2.18. The number of hydrogen-bond donors (Lipinski definition) is 0. The van der Waals surface area contributed by atoms with Crippen LogP contribution in [0, 0.1) is 0 Å². The lowest BCUT2D eigenvalue weighted by molar-refractivity contribution is -0.138. The Balaban J connectivity index is 3.30. The molecule has 0 fully saturated rings. The van der Waals surface area contributed by atoms with Crippen molar-refractivity contribution in [3.63, 3.8) is 0 Å². The van der Waals surface area contributed by atoms with E-state index in [1.165, 1.54) is 6.07 Å². The summed E-state index contributed by atoms with van der Waals surface area (Å²) in [5.74, 6) is 0.0509. The Hall–Kier alpha value is -0.990. The highest BCUT2D eigenvalue weighted by atomic mass is 19.4. The predicted molar refractivity (Wildman–Crippen MR) is 64.2 cm³/mol. The van der Waals surface area contributed by atoms with Gasteiger partial charge in [0.15, 0.2) is 0 Å². The molecule has 0 bridgehead atoms. The normalized spacial score (nSPS) is 14.1. The molecule has 0 aliphatic rings. The number of rotatable bonds is 3. The molecule has 0 aromatic heterocycles. The molecule has 17 heavy (non-hydrogen) atoms. The van der Waals surface area contributed by atoms with Crippen molar-refractivity contribution in [1.29, 1.82) is 0 Å². The Bertz CT molecular complexity index is 378. The van der Waals surface area contributed by atoms with Gasteiger partial charge in [-0.2, -0.15) is 13.2 Å². The SMILES string of the molecule is CCC(C)c1ccc(C(C)C)c(C(F)(F)F)c1. The van der Waals surface area contributed by atoms with E-state index in [1.807, 2.05) is 19.9 Å². The first-order valence-electron chi connectivity index (χ1n) is 5.98. The zero-order valence-electron chi connectivity index (χ0n) is 10.7. The first-order chi connectivity index (χ1) is 7.77. The minimum Gasteiger partial charge on any atom is -0.166 e. The van der Waals surface area contributed by atoms with Gasteiger partial charge in [0.25, 0.3) is 0 Å². The van der Waals surface area contributed by atoms with Crippen LogP contribution in [0.1, 0.15) is 62.6 Å². The lowest BCUT2D eigenvalue weighted by atomic mass is 9.90. The molecule has 0 amide bonds. The largest absolute Gasteiger partial charge is 0.416 e. The summed E-state index contributed by atoms with van der Waals surface area (Å²) in [6.07, 6.45) is -3.42. The van der Waals surface area contributed by atoms with E-state index in [2.05, 4.69) is 0 Å². The monoisotopic (exact) mass is 244 g/mol. The van der Waals surface area contributed by atoms with E-state index >= 15 is 0 Å². The van der Waals surface area contributed by atoms with Crippen molar-refractivity contribution >= 4 is 0 Å². The zero-order valence-corrected chi connectivity index (χ0v) is 10.7. The second-order valence-corrected chi connectivity index (χ2v) is 4.81. The van der Waals surface area contributed by atoms with Crippen LogP contribution in [0.3, 0.4) is 0 Å². The second-order valence-electron chi connectivity index (χ2n) is 4.81. The van der Waals surface area contributed by atoms with Crippen LogP contribution in [0.15, 0.2) is 18.2 Å². The summed E-state index contributed by atoms with van der Waals surface area (Å²) in [5, 5.41) is 0. The summed E-state index contributed by atoms with van der Waals surface area (Å²) >= 11 is 0. The van der Waals surface area contributed by atoms with Gasteiger partial charge >= 0.3 is 6.18 Å². The van der Waals surface area contributed by atoms with Crippen molar-refractivity contribution in [2.24, 2.45) is 0 Å². The van der Waals surface area contributed by atoms with Crippen LogP contribution < -0.4 is 0 Å². The molecule has 96 valence electrons. The molecular formula is C14H19F3. The van der Waals surface area contributed by atoms with E-state index in [9.17, 15) is 13.2 Å². The molecule has 0 saturated heterocycles. The third-order valence-electron chi connectivity index (χ3n) is 3.19. The van der Waals surface area contributed by atoms with E-state index in [1.54, 1.807) is 19.9 Å². The molecule has 0 nitrogen and oxygen atoms in total. The number of benzene rings is 1. The van der Waals surface area contributed by atoms with Gasteiger partial charge in [0.2, 0.25) is 0 Å². The minimum absolute atomic E-state index is 0.113. The fraction of sp³-hybridized carbons (Fsp3) is 0.571. The van der Waals surface area contributed by atoms with Gasteiger partial charge in [-0.15, -0.1) is 0 Å². The molecule has 1 aromatic rings. The average Bonchev–Trinajstić information content (AvgIpc) is 2.25. The molecule has 0 aliphatic carbocycles. The van der Waals surface area contributed by atoms with Crippen LogP contribution in [0.25, 0.3) is 0 Å². The molecule has 3 heteroatoms. The summed E-state index contributed by atoms with van der Waals surface area (Å²) in [6, 6.07) is 4.75. The molecule has 0 N–H and O–H groups in total. The van der Waals surface area contributed by atoms with Crippen molar-refractivity contribution < 1.29 is 13.2 Å². The van der Waals surface area contributed by atoms with Crippen molar-refractivity contribution in [2.45, 2.75) is 52.1 Å². The van der Waals surface area contributed by atoms with Crippen molar-refractivity contribution in [1.82, 2.24) is 0 Å². The maximum atomic E-state index is 13.0. The van der Waals surface area contributed by atoms with Gasteiger partial charge < -0.3 is 0 Å². The molecule has 1 rings (SSSR count). The summed E-state index contributed by atoms with van der Waals surface area (Å²) in [4.78, 5) is 0. The van der Waals surface area contributed by atoms with Crippen LogP contribution in [0.4, 0.5) is 13.2 Å². The summed E-state index contributed by atoms with van der Waals surface area (Å²) in [7, 11) is 0. The van der Waals surface area contributed by atoms with Gasteiger partial charge in [0, 0.05) is 0 Å². The summed E-state index contributed by atoms with van der Waals surface area (Å²) in [6.45, 7) is 7.50. The van der Waals surface area contributed by atoms with Crippen LogP contribution in [-0.2, 0) is 6.18 Å². The maximum Gasteiger partial charge on any atom is 0.416 e. The first kappa shape index (κ1) is 14.1. The van der Waals surface area contributed by atoms with E-state index in [0.29, 0.717) is 5.56 Å². The van der Waals surface area contributed by atoms with E-state index in [4.69, 9.17) is 0 Å². The maximum absolute atomic E-state index is 13.0. The van der Waals surface area contributed by atoms with Crippen LogP contribution in [-0.4, -0.2) is 0 Å². The fourth-order valence-electron chi connectivity index (χ4n) is 1.87. The summed E-state index contributed by atoms with van der Waals surface area (Å²) in [5.41, 5.74) is 0.666. The fourth-order valence-corrected chi connectivity index (χ4v) is 1.87. The number of alkyl halides is 3. The van der Waals surface area contributed by atoms with Crippen LogP contribution >= 0.6 is 0 Å². The molecule has 1 atom stereocenters. The molecule has 0 aliphatic heterocycles. The van der Waals surface area contributed by atoms with Gasteiger partial charge in [0.05, 0.1) is 5.56 Å². The standard InChI is InChI=1S/C14H19F3/c1-5-10(4)11-6-7-12(9(2)3)13(8-11)14(15,16)17/h6-10H,5H2,1-4H3. The Labute approximate surface area is 101 Å². The highest BCUT2D eigenvalue weighted by molar-refractivity contribution is 5.37. The third-order valence-corrected chi connectivity index (χ3v) is 3.19. The number of halogens is 3. The Morgan fingerprint density at radius 1 is 1.12 bits per heavy atom. The molecule has 0 spiro atoms. The van der Waals surface area contributed by atoms with Crippen LogP contribution in [0.5, 0.6) is 0 Å². The smallest absolute Gasteiger partial charge is 0.166 e. The van der Waals surface area contributed by atoms with Gasteiger partial charge in [-0.05, 0) is 35.4 Å². The highest BCUT2D eigenvalue weighted by Gasteiger charge is 2.34. The Morgan fingerprint density at radius 2 is 1.71 bits per heavy atom. The lowest BCUT2D eigenvalue weighted by Crippen LogP contribution is -2.11. The Kier molecular flexibility index (Phi) is 4.23. The molecule has 0 heterocycles. The second kappa shape index (κ2) is 5.11. The summed E-state index contributed by atoms with van der Waals surface area (Å²) < 4.78 is 38.9. The van der Waals surface area contributed by atoms with Gasteiger partial charge in [-0.25, -0.2) is 0 Å². The van der Waals surface area contributed by atoms with Gasteiger partial charge in [-0.3, -0.25) is 0 Å². The molecule has 0 radical (unpaired) electrons. The molecular weight excluding hydrogens is 225 g/mol. The topological polar surface area (TPSA) is 0 Å². The van der Waals surface area contributed by atoms with E-state index < -0.39 is 11.7 Å².